The average Bonchev–Trinajstić information content (AvgIpc) is 2.21. The number of rotatable bonds is 2. The van der Waals surface area contributed by atoms with Gasteiger partial charge in [-0.15, -0.1) is 11.8 Å². The molecule has 0 aromatic heterocycles. The third kappa shape index (κ3) is 2.39. The standard InChI is InChI=1S/C12H16BrNOS/c1-7-5-9(13)12-11(6-7)16-10(3-4-15)8(2)14-12/h5-6,8,10,14-15H,3-4H2,1-2H3. The Kier molecular flexibility index (Phi) is 3.82. The minimum Gasteiger partial charge on any atom is -0.396 e. The molecule has 2 rings (SSSR count). The largest absolute Gasteiger partial charge is 0.396 e. The number of nitrogens with one attached hydrogen (secondary N) is 1. The maximum atomic E-state index is 9.04. The Bertz CT molecular complexity index is 397. The summed E-state index contributed by atoms with van der Waals surface area (Å²) >= 11 is 5.46. The molecule has 1 aliphatic heterocycles. The highest BCUT2D eigenvalue weighted by Crippen LogP contribution is 2.43. The number of halogens is 1. The Morgan fingerprint density at radius 3 is 2.94 bits per heavy atom. The molecule has 2 nitrogen and oxygen atoms in total. The van der Waals surface area contributed by atoms with Crippen LogP contribution in [0.5, 0.6) is 0 Å². The van der Waals surface area contributed by atoms with Crippen molar-refractivity contribution >= 4 is 33.4 Å². The van der Waals surface area contributed by atoms with Crippen LogP contribution in [0.1, 0.15) is 18.9 Å². The molecule has 0 aliphatic carbocycles. The van der Waals surface area contributed by atoms with Crippen LogP contribution in [-0.4, -0.2) is 23.0 Å². The van der Waals surface area contributed by atoms with Gasteiger partial charge in [0.2, 0.25) is 0 Å². The van der Waals surface area contributed by atoms with E-state index in [-0.39, 0.29) is 6.61 Å². The molecule has 1 aliphatic rings. The number of thioether (sulfide) groups is 1. The van der Waals surface area contributed by atoms with Gasteiger partial charge in [-0.05, 0) is 53.9 Å². The predicted molar refractivity (Wildman–Crippen MR) is 73.3 cm³/mol. The summed E-state index contributed by atoms with van der Waals surface area (Å²) in [7, 11) is 0. The molecule has 16 heavy (non-hydrogen) atoms. The smallest absolute Gasteiger partial charge is 0.0625 e. The van der Waals surface area contributed by atoms with Crippen molar-refractivity contribution in [2.24, 2.45) is 0 Å². The van der Waals surface area contributed by atoms with Crippen LogP contribution in [0.4, 0.5) is 5.69 Å². The van der Waals surface area contributed by atoms with Crippen molar-refractivity contribution in [2.75, 3.05) is 11.9 Å². The average molecular weight is 302 g/mol. The second kappa shape index (κ2) is 4.98. The normalized spacial score (nSPS) is 23.8. The Labute approximate surface area is 109 Å². The van der Waals surface area contributed by atoms with Gasteiger partial charge in [0.25, 0.3) is 0 Å². The van der Waals surface area contributed by atoms with Crippen molar-refractivity contribution < 1.29 is 5.11 Å². The van der Waals surface area contributed by atoms with Crippen LogP contribution in [0.15, 0.2) is 21.5 Å². The van der Waals surface area contributed by atoms with E-state index in [4.69, 9.17) is 5.11 Å². The summed E-state index contributed by atoms with van der Waals surface area (Å²) < 4.78 is 1.13. The summed E-state index contributed by atoms with van der Waals surface area (Å²) in [6.07, 6.45) is 0.837. The molecule has 2 N–H and O–H groups in total. The Morgan fingerprint density at radius 2 is 2.25 bits per heavy atom. The van der Waals surface area contributed by atoms with E-state index in [0.29, 0.717) is 11.3 Å². The van der Waals surface area contributed by atoms with Crippen LogP contribution >= 0.6 is 27.7 Å². The summed E-state index contributed by atoms with van der Waals surface area (Å²) in [5.74, 6) is 0. The van der Waals surface area contributed by atoms with Gasteiger partial charge in [0, 0.05) is 27.3 Å². The third-order valence-electron chi connectivity index (χ3n) is 2.82. The first kappa shape index (κ1) is 12.3. The lowest BCUT2D eigenvalue weighted by Crippen LogP contribution is -2.32. The summed E-state index contributed by atoms with van der Waals surface area (Å²) in [4.78, 5) is 1.28. The minimum absolute atomic E-state index is 0.256. The van der Waals surface area contributed by atoms with Gasteiger partial charge in [0.1, 0.15) is 0 Å². The zero-order valence-electron chi connectivity index (χ0n) is 9.46. The number of hydrogen-bond donors (Lipinski definition) is 2. The first-order valence-corrected chi connectivity index (χ1v) is 7.13. The maximum Gasteiger partial charge on any atom is 0.0625 e. The van der Waals surface area contributed by atoms with E-state index < -0.39 is 0 Å². The summed E-state index contributed by atoms with van der Waals surface area (Å²) in [5.41, 5.74) is 2.45. The molecule has 0 saturated carbocycles. The third-order valence-corrected chi connectivity index (χ3v) is 4.97. The van der Waals surface area contributed by atoms with Gasteiger partial charge >= 0.3 is 0 Å². The highest BCUT2D eigenvalue weighted by molar-refractivity contribution is 9.10. The fourth-order valence-electron chi connectivity index (χ4n) is 1.97. The second-order valence-corrected chi connectivity index (χ2v) is 6.36. The van der Waals surface area contributed by atoms with Crippen LogP contribution in [0, 0.1) is 6.92 Å². The number of benzene rings is 1. The Balaban J connectivity index is 2.31. The number of anilines is 1. The molecule has 0 bridgehead atoms. The lowest BCUT2D eigenvalue weighted by molar-refractivity contribution is 0.284. The molecular weight excluding hydrogens is 286 g/mol. The van der Waals surface area contributed by atoms with Crippen LogP contribution < -0.4 is 5.32 Å². The number of aryl methyl sites for hydroxylation is 1. The number of fused-ring (bicyclic) bond motifs is 1. The van der Waals surface area contributed by atoms with E-state index in [2.05, 4.69) is 47.2 Å². The fourth-order valence-corrected chi connectivity index (χ4v) is 4.15. The summed E-state index contributed by atoms with van der Waals surface area (Å²) in [5, 5.41) is 13.0. The van der Waals surface area contributed by atoms with Crippen molar-refractivity contribution in [1.82, 2.24) is 0 Å². The molecule has 1 aromatic carbocycles. The highest BCUT2D eigenvalue weighted by Gasteiger charge is 2.26. The Morgan fingerprint density at radius 1 is 1.50 bits per heavy atom. The molecule has 2 atom stereocenters. The van der Waals surface area contributed by atoms with Crippen molar-refractivity contribution in [3.8, 4) is 0 Å². The number of aliphatic hydroxyl groups excluding tert-OH is 1. The van der Waals surface area contributed by atoms with Crippen molar-refractivity contribution in [2.45, 2.75) is 36.5 Å². The number of aliphatic hydroxyl groups is 1. The molecule has 0 radical (unpaired) electrons. The monoisotopic (exact) mass is 301 g/mol. The molecule has 88 valence electrons. The van der Waals surface area contributed by atoms with Gasteiger partial charge in [0.15, 0.2) is 0 Å². The van der Waals surface area contributed by atoms with Crippen molar-refractivity contribution in [3.63, 3.8) is 0 Å². The van der Waals surface area contributed by atoms with E-state index in [0.717, 1.165) is 10.9 Å². The van der Waals surface area contributed by atoms with Crippen molar-refractivity contribution in [1.29, 1.82) is 0 Å². The quantitative estimate of drug-likeness (QED) is 0.878. The maximum absolute atomic E-state index is 9.04. The van der Waals surface area contributed by atoms with Crippen LogP contribution in [-0.2, 0) is 0 Å². The van der Waals surface area contributed by atoms with E-state index >= 15 is 0 Å². The van der Waals surface area contributed by atoms with Crippen LogP contribution in [0.2, 0.25) is 0 Å². The molecule has 0 fully saturated rings. The molecular formula is C12H16BrNOS. The Hall–Kier alpha value is -0.190. The van der Waals surface area contributed by atoms with Gasteiger partial charge in [-0.2, -0.15) is 0 Å². The van der Waals surface area contributed by atoms with Gasteiger partial charge in [-0.25, -0.2) is 0 Å². The minimum atomic E-state index is 0.256. The summed E-state index contributed by atoms with van der Waals surface area (Å²) in [6, 6.07) is 4.73. The molecule has 1 heterocycles. The summed E-state index contributed by atoms with van der Waals surface area (Å²) in [6.45, 7) is 4.53. The fraction of sp³-hybridized carbons (Fsp3) is 0.500. The van der Waals surface area contributed by atoms with Crippen LogP contribution in [0.25, 0.3) is 0 Å². The predicted octanol–water partition coefficient (Wildman–Crippen LogP) is 3.41. The molecule has 0 saturated heterocycles. The van der Waals surface area contributed by atoms with E-state index in [1.807, 2.05) is 11.8 Å². The zero-order valence-corrected chi connectivity index (χ0v) is 11.9. The van der Waals surface area contributed by atoms with E-state index in [1.54, 1.807) is 0 Å². The SMILES string of the molecule is Cc1cc(Br)c2c(c1)SC(CCO)C(C)N2. The topological polar surface area (TPSA) is 32.3 Å². The highest BCUT2D eigenvalue weighted by atomic mass is 79.9. The number of hydrogen-bond acceptors (Lipinski definition) is 3. The van der Waals surface area contributed by atoms with Gasteiger partial charge in [0.05, 0.1) is 5.69 Å². The first-order valence-electron chi connectivity index (χ1n) is 5.46. The van der Waals surface area contributed by atoms with E-state index in [1.165, 1.54) is 16.1 Å². The zero-order chi connectivity index (χ0) is 11.7. The van der Waals surface area contributed by atoms with Crippen LogP contribution in [0.3, 0.4) is 0 Å². The molecule has 0 amide bonds. The van der Waals surface area contributed by atoms with Gasteiger partial charge < -0.3 is 10.4 Å². The molecule has 1 aromatic rings. The van der Waals surface area contributed by atoms with Gasteiger partial charge in [-0.1, -0.05) is 0 Å². The molecule has 2 unspecified atom stereocenters. The molecule has 0 spiro atoms. The molecule has 4 heteroatoms. The first-order chi connectivity index (χ1) is 7.61. The van der Waals surface area contributed by atoms with Gasteiger partial charge in [-0.3, -0.25) is 0 Å². The lowest BCUT2D eigenvalue weighted by atomic mass is 10.1. The van der Waals surface area contributed by atoms with E-state index in [9.17, 15) is 0 Å². The van der Waals surface area contributed by atoms with Crippen molar-refractivity contribution in [3.05, 3.63) is 22.2 Å². The lowest BCUT2D eigenvalue weighted by Gasteiger charge is -2.32. The second-order valence-electron chi connectivity index (χ2n) is 4.22.